The summed E-state index contributed by atoms with van der Waals surface area (Å²) >= 11 is 0. The average molecular weight is 344 g/mol. The number of hydrogen-bond donors (Lipinski definition) is 1. The standard InChI is InChI=1S/C15H18F2N2O5/c1-9-4-11(14(20)21)8-18(6-9)7-10-5-12(19(22)23)2-3-13(10)24-15(16)17/h2-3,5,9,11,15H,4,6-8H2,1H3,(H,20,21). The fourth-order valence-corrected chi connectivity index (χ4v) is 3.02. The number of likely N-dealkylation sites (tertiary alicyclic amines) is 1. The van der Waals surface area contributed by atoms with Gasteiger partial charge in [0.05, 0.1) is 10.8 Å². The third-order valence-corrected chi connectivity index (χ3v) is 3.95. The minimum atomic E-state index is -3.04. The van der Waals surface area contributed by atoms with Crippen molar-refractivity contribution < 1.29 is 28.3 Å². The smallest absolute Gasteiger partial charge is 0.387 e. The topological polar surface area (TPSA) is 92.9 Å². The third-order valence-electron chi connectivity index (χ3n) is 3.95. The molecular weight excluding hydrogens is 326 g/mol. The summed E-state index contributed by atoms with van der Waals surface area (Å²) in [7, 11) is 0. The van der Waals surface area contributed by atoms with Crippen molar-refractivity contribution in [3.05, 3.63) is 33.9 Å². The van der Waals surface area contributed by atoms with E-state index in [1.165, 1.54) is 6.07 Å². The molecule has 2 atom stereocenters. The number of rotatable bonds is 6. The largest absolute Gasteiger partial charge is 0.481 e. The molecule has 0 spiro atoms. The lowest BCUT2D eigenvalue weighted by Crippen LogP contribution is -2.42. The van der Waals surface area contributed by atoms with Gasteiger partial charge in [0.2, 0.25) is 0 Å². The van der Waals surface area contributed by atoms with Crippen molar-refractivity contribution in [1.29, 1.82) is 0 Å². The van der Waals surface area contributed by atoms with Gasteiger partial charge in [0.25, 0.3) is 5.69 Å². The van der Waals surface area contributed by atoms with Crippen LogP contribution in [0.3, 0.4) is 0 Å². The fourth-order valence-electron chi connectivity index (χ4n) is 3.02. The minimum absolute atomic E-state index is 0.109. The molecule has 132 valence electrons. The van der Waals surface area contributed by atoms with E-state index in [1.54, 1.807) is 4.90 Å². The van der Waals surface area contributed by atoms with E-state index in [9.17, 15) is 28.8 Å². The van der Waals surface area contributed by atoms with E-state index >= 15 is 0 Å². The summed E-state index contributed by atoms with van der Waals surface area (Å²) in [6.45, 7) is -0.182. The van der Waals surface area contributed by atoms with Crippen LogP contribution in [0.2, 0.25) is 0 Å². The van der Waals surface area contributed by atoms with Crippen molar-refractivity contribution in [2.45, 2.75) is 26.5 Å². The van der Waals surface area contributed by atoms with Gasteiger partial charge < -0.3 is 9.84 Å². The molecule has 0 saturated carbocycles. The molecule has 24 heavy (non-hydrogen) atoms. The Morgan fingerprint density at radius 3 is 2.79 bits per heavy atom. The lowest BCUT2D eigenvalue weighted by Gasteiger charge is -2.34. The molecule has 9 heteroatoms. The van der Waals surface area contributed by atoms with Crippen molar-refractivity contribution in [2.24, 2.45) is 11.8 Å². The van der Waals surface area contributed by atoms with E-state index < -0.39 is 23.4 Å². The summed E-state index contributed by atoms with van der Waals surface area (Å²) < 4.78 is 29.5. The maximum absolute atomic E-state index is 12.5. The number of alkyl halides is 2. The molecule has 1 saturated heterocycles. The molecule has 1 N–H and O–H groups in total. The number of carboxylic acid groups (broad SMARTS) is 1. The summed E-state index contributed by atoms with van der Waals surface area (Å²) in [5.41, 5.74) is 0.00852. The highest BCUT2D eigenvalue weighted by molar-refractivity contribution is 5.70. The van der Waals surface area contributed by atoms with Gasteiger partial charge in [-0.25, -0.2) is 0 Å². The molecule has 1 fully saturated rings. The van der Waals surface area contributed by atoms with Crippen LogP contribution in [-0.4, -0.2) is 40.6 Å². The number of aliphatic carboxylic acids is 1. The monoisotopic (exact) mass is 344 g/mol. The van der Waals surface area contributed by atoms with Gasteiger partial charge in [-0.2, -0.15) is 8.78 Å². The zero-order chi connectivity index (χ0) is 17.9. The first kappa shape index (κ1) is 18.1. The van der Waals surface area contributed by atoms with Gasteiger partial charge in [-0.3, -0.25) is 19.8 Å². The first-order chi connectivity index (χ1) is 11.3. The molecule has 2 unspecified atom stereocenters. The zero-order valence-corrected chi connectivity index (χ0v) is 13.0. The number of non-ortho nitro benzene ring substituents is 1. The Morgan fingerprint density at radius 1 is 1.50 bits per heavy atom. The van der Waals surface area contributed by atoms with Gasteiger partial charge in [-0.05, 0) is 18.4 Å². The molecule has 1 aromatic carbocycles. The maximum atomic E-state index is 12.5. The van der Waals surface area contributed by atoms with Gasteiger partial charge in [0.1, 0.15) is 5.75 Å². The first-order valence-electron chi connectivity index (χ1n) is 7.43. The van der Waals surface area contributed by atoms with Crippen LogP contribution in [0.4, 0.5) is 14.5 Å². The predicted octanol–water partition coefficient (Wildman–Crippen LogP) is 2.74. The Labute approximate surface area is 137 Å². The van der Waals surface area contributed by atoms with E-state index in [1.807, 2.05) is 6.92 Å². The Hall–Kier alpha value is -2.29. The highest BCUT2D eigenvalue weighted by Crippen LogP contribution is 2.29. The maximum Gasteiger partial charge on any atom is 0.387 e. The van der Waals surface area contributed by atoms with Crippen molar-refractivity contribution >= 4 is 11.7 Å². The van der Waals surface area contributed by atoms with Crippen molar-refractivity contribution in [2.75, 3.05) is 13.1 Å². The number of nitro benzene ring substituents is 1. The Kier molecular flexibility index (Phi) is 5.66. The number of carboxylic acids is 1. The van der Waals surface area contributed by atoms with Crippen molar-refractivity contribution in [1.82, 2.24) is 4.90 Å². The van der Waals surface area contributed by atoms with Crippen LogP contribution in [0.15, 0.2) is 18.2 Å². The van der Waals surface area contributed by atoms with Crippen LogP contribution in [0.1, 0.15) is 18.9 Å². The second kappa shape index (κ2) is 7.52. The minimum Gasteiger partial charge on any atom is -0.481 e. The average Bonchev–Trinajstić information content (AvgIpc) is 2.47. The molecular formula is C15H18F2N2O5. The van der Waals surface area contributed by atoms with Gasteiger partial charge in [0.15, 0.2) is 0 Å². The highest BCUT2D eigenvalue weighted by atomic mass is 19.3. The third kappa shape index (κ3) is 4.60. The summed E-state index contributed by atoms with van der Waals surface area (Å²) in [5.74, 6) is -1.47. The van der Waals surface area contributed by atoms with Crippen LogP contribution in [0.5, 0.6) is 5.75 Å². The molecule has 0 aliphatic carbocycles. The molecule has 1 aliphatic rings. The van der Waals surface area contributed by atoms with E-state index in [2.05, 4.69) is 4.74 Å². The Morgan fingerprint density at radius 2 is 2.21 bits per heavy atom. The number of carbonyl (C=O) groups is 1. The van der Waals surface area contributed by atoms with E-state index in [-0.39, 0.29) is 36.0 Å². The molecule has 0 radical (unpaired) electrons. The molecule has 2 rings (SSSR count). The second-order valence-electron chi connectivity index (χ2n) is 6.00. The van der Waals surface area contributed by atoms with E-state index in [4.69, 9.17) is 0 Å². The second-order valence-corrected chi connectivity index (χ2v) is 6.00. The number of benzene rings is 1. The molecule has 1 heterocycles. The normalized spacial score (nSPS) is 21.7. The molecule has 1 aliphatic heterocycles. The van der Waals surface area contributed by atoms with Gasteiger partial charge >= 0.3 is 12.6 Å². The summed E-state index contributed by atoms with van der Waals surface area (Å²) in [6.07, 6.45) is 0.543. The molecule has 7 nitrogen and oxygen atoms in total. The van der Waals surface area contributed by atoms with Crippen LogP contribution in [0, 0.1) is 22.0 Å². The van der Waals surface area contributed by atoms with Crippen molar-refractivity contribution in [3.8, 4) is 5.75 Å². The molecule has 0 bridgehead atoms. The lowest BCUT2D eigenvalue weighted by molar-refractivity contribution is -0.385. The van der Waals surface area contributed by atoms with Crippen LogP contribution >= 0.6 is 0 Å². The van der Waals surface area contributed by atoms with Crippen LogP contribution < -0.4 is 4.74 Å². The Balaban J connectivity index is 2.23. The number of nitro groups is 1. The van der Waals surface area contributed by atoms with Crippen molar-refractivity contribution in [3.63, 3.8) is 0 Å². The Bertz CT molecular complexity index is 626. The zero-order valence-electron chi connectivity index (χ0n) is 13.0. The highest BCUT2D eigenvalue weighted by Gasteiger charge is 2.30. The first-order valence-corrected chi connectivity index (χ1v) is 7.43. The number of nitrogens with zero attached hydrogens (tertiary/aromatic N) is 2. The number of hydrogen-bond acceptors (Lipinski definition) is 5. The molecule has 0 aromatic heterocycles. The summed E-state index contributed by atoms with van der Waals surface area (Å²) in [6, 6.07) is 3.43. The summed E-state index contributed by atoms with van der Waals surface area (Å²) in [4.78, 5) is 23.3. The predicted molar refractivity (Wildman–Crippen MR) is 79.9 cm³/mol. The quantitative estimate of drug-likeness (QED) is 0.630. The summed E-state index contributed by atoms with van der Waals surface area (Å²) in [5, 5.41) is 20.1. The molecule has 1 aromatic rings. The number of ether oxygens (including phenoxy) is 1. The van der Waals surface area contributed by atoms with E-state index in [0.29, 0.717) is 13.0 Å². The van der Waals surface area contributed by atoms with Gasteiger partial charge in [-0.15, -0.1) is 0 Å². The van der Waals surface area contributed by atoms with Gasteiger partial charge in [0, 0.05) is 37.3 Å². The van der Waals surface area contributed by atoms with Gasteiger partial charge in [-0.1, -0.05) is 6.92 Å². The van der Waals surface area contributed by atoms with Crippen LogP contribution in [-0.2, 0) is 11.3 Å². The number of halogens is 2. The fraction of sp³-hybridized carbons (Fsp3) is 0.533. The van der Waals surface area contributed by atoms with E-state index in [0.717, 1.165) is 12.1 Å². The molecule has 0 amide bonds. The van der Waals surface area contributed by atoms with Crippen LogP contribution in [0.25, 0.3) is 0 Å². The lowest BCUT2D eigenvalue weighted by atomic mass is 9.90. The number of piperidine rings is 1. The SMILES string of the molecule is CC1CC(C(=O)O)CN(Cc2cc([N+](=O)[O-])ccc2OC(F)F)C1.